The van der Waals surface area contributed by atoms with Gasteiger partial charge in [-0.25, -0.2) is 4.98 Å². The van der Waals surface area contributed by atoms with E-state index in [0.29, 0.717) is 11.9 Å². The SMILES string of the molecule is Cc1nc(CCNC(N)=NCC(C)C)sc1C. The van der Waals surface area contributed by atoms with Gasteiger partial charge in [-0.3, -0.25) is 4.99 Å². The lowest BCUT2D eigenvalue weighted by molar-refractivity contribution is 0.661. The molecule has 1 heterocycles. The van der Waals surface area contributed by atoms with Crippen LogP contribution in [0.15, 0.2) is 4.99 Å². The van der Waals surface area contributed by atoms with E-state index in [1.54, 1.807) is 11.3 Å². The normalized spacial score (nSPS) is 12.2. The maximum absolute atomic E-state index is 5.74. The third-order valence-electron chi connectivity index (χ3n) is 2.34. The summed E-state index contributed by atoms with van der Waals surface area (Å²) in [7, 11) is 0. The highest BCUT2D eigenvalue weighted by Crippen LogP contribution is 2.16. The lowest BCUT2D eigenvalue weighted by Gasteiger charge is -2.05. The van der Waals surface area contributed by atoms with Crippen molar-refractivity contribution in [2.45, 2.75) is 34.1 Å². The van der Waals surface area contributed by atoms with Crippen LogP contribution in [0, 0.1) is 19.8 Å². The largest absolute Gasteiger partial charge is 0.370 e. The number of hydrogen-bond acceptors (Lipinski definition) is 3. The maximum atomic E-state index is 5.74. The first-order chi connectivity index (χ1) is 7.99. The zero-order chi connectivity index (χ0) is 12.8. The van der Waals surface area contributed by atoms with Gasteiger partial charge in [-0.1, -0.05) is 13.8 Å². The lowest BCUT2D eigenvalue weighted by atomic mass is 10.2. The minimum absolute atomic E-state index is 0.531. The van der Waals surface area contributed by atoms with Gasteiger partial charge in [0.1, 0.15) is 0 Å². The van der Waals surface area contributed by atoms with Crippen molar-refractivity contribution in [2.75, 3.05) is 13.1 Å². The van der Waals surface area contributed by atoms with Gasteiger partial charge in [-0.05, 0) is 19.8 Å². The fourth-order valence-electron chi connectivity index (χ4n) is 1.28. The van der Waals surface area contributed by atoms with Crippen LogP contribution in [-0.2, 0) is 6.42 Å². The molecule has 0 aliphatic heterocycles. The Morgan fingerprint density at radius 1 is 1.47 bits per heavy atom. The second kappa shape index (κ2) is 6.59. The Labute approximate surface area is 107 Å². The molecule has 3 N–H and O–H groups in total. The molecule has 0 bridgehead atoms. The first-order valence-corrected chi connectivity index (χ1v) is 6.77. The number of aliphatic imine (C=N–C) groups is 1. The zero-order valence-corrected chi connectivity index (χ0v) is 11.9. The number of rotatable bonds is 5. The van der Waals surface area contributed by atoms with Gasteiger partial charge in [0, 0.05) is 24.4 Å². The second-order valence-electron chi connectivity index (χ2n) is 4.55. The van der Waals surface area contributed by atoms with Crippen LogP contribution in [0.25, 0.3) is 0 Å². The van der Waals surface area contributed by atoms with Crippen LogP contribution >= 0.6 is 11.3 Å². The number of nitrogens with one attached hydrogen (secondary N) is 1. The fourth-order valence-corrected chi connectivity index (χ4v) is 2.21. The number of aromatic nitrogens is 1. The topological polar surface area (TPSA) is 63.3 Å². The summed E-state index contributed by atoms with van der Waals surface area (Å²) in [5, 5.41) is 4.27. The first kappa shape index (κ1) is 14.0. The first-order valence-electron chi connectivity index (χ1n) is 5.95. The van der Waals surface area contributed by atoms with Crippen LogP contribution in [0.2, 0.25) is 0 Å². The molecule has 1 rings (SSSR count). The van der Waals surface area contributed by atoms with E-state index in [1.165, 1.54) is 4.88 Å². The van der Waals surface area contributed by atoms with Gasteiger partial charge in [0.2, 0.25) is 0 Å². The Balaban J connectivity index is 2.30. The fraction of sp³-hybridized carbons (Fsp3) is 0.667. The van der Waals surface area contributed by atoms with E-state index in [-0.39, 0.29) is 0 Å². The summed E-state index contributed by atoms with van der Waals surface area (Å²) in [5.41, 5.74) is 6.87. The van der Waals surface area contributed by atoms with Crippen LogP contribution in [0.4, 0.5) is 0 Å². The van der Waals surface area contributed by atoms with Crippen LogP contribution in [0.5, 0.6) is 0 Å². The lowest BCUT2D eigenvalue weighted by Crippen LogP contribution is -2.33. The van der Waals surface area contributed by atoms with Gasteiger partial charge >= 0.3 is 0 Å². The standard InChI is InChI=1S/C12H22N4S/c1-8(2)7-15-12(13)14-6-5-11-16-9(3)10(4)17-11/h8H,5-7H2,1-4H3,(H3,13,14,15). The molecule has 0 amide bonds. The predicted molar refractivity (Wildman–Crippen MR) is 74.6 cm³/mol. The average molecular weight is 254 g/mol. The summed E-state index contributed by atoms with van der Waals surface area (Å²) >= 11 is 1.75. The quantitative estimate of drug-likeness (QED) is 0.623. The van der Waals surface area contributed by atoms with Crippen LogP contribution in [0.1, 0.15) is 29.4 Å². The molecular formula is C12H22N4S. The van der Waals surface area contributed by atoms with E-state index in [4.69, 9.17) is 5.73 Å². The smallest absolute Gasteiger partial charge is 0.188 e. The minimum Gasteiger partial charge on any atom is -0.370 e. The monoisotopic (exact) mass is 254 g/mol. The van der Waals surface area contributed by atoms with E-state index >= 15 is 0 Å². The van der Waals surface area contributed by atoms with Crippen molar-refractivity contribution < 1.29 is 0 Å². The molecule has 96 valence electrons. The van der Waals surface area contributed by atoms with Crippen molar-refractivity contribution in [3.8, 4) is 0 Å². The predicted octanol–water partition coefficient (Wildman–Crippen LogP) is 1.86. The Morgan fingerprint density at radius 3 is 2.71 bits per heavy atom. The molecule has 0 aliphatic rings. The summed E-state index contributed by atoms with van der Waals surface area (Å²) in [6.07, 6.45) is 0.900. The molecule has 5 heteroatoms. The van der Waals surface area contributed by atoms with Crippen molar-refractivity contribution in [1.29, 1.82) is 0 Å². The van der Waals surface area contributed by atoms with Crippen molar-refractivity contribution in [3.63, 3.8) is 0 Å². The summed E-state index contributed by atoms with van der Waals surface area (Å²) in [6, 6.07) is 0. The highest BCUT2D eigenvalue weighted by Gasteiger charge is 2.03. The number of guanidine groups is 1. The van der Waals surface area contributed by atoms with Crippen LogP contribution in [0.3, 0.4) is 0 Å². The Hall–Kier alpha value is -1.10. The Morgan fingerprint density at radius 2 is 2.18 bits per heavy atom. The van der Waals surface area contributed by atoms with Crippen molar-refractivity contribution in [3.05, 3.63) is 15.6 Å². The number of nitrogens with zero attached hydrogens (tertiary/aromatic N) is 2. The molecule has 0 fully saturated rings. The Bertz CT molecular complexity index is 362. The van der Waals surface area contributed by atoms with Gasteiger partial charge in [0.15, 0.2) is 5.96 Å². The van der Waals surface area contributed by atoms with Crippen molar-refractivity contribution >= 4 is 17.3 Å². The molecule has 0 unspecified atom stereocenters. The van der Waals surface area contributed by atoms with Gasteiger partial charge in [0.05, 0.1) is 10.7 Å². The highest BCUT2D eigenvalue weighted by atomic mass is 32.1. The summed E-state index contributed by atoms with van der Waals surface area (Å²) < 4.78 is 0. The molecule has 0 radical (unpaired) electrons. The van der Waals surface area contributed by atoms with Gasteiger partial charge < -0.3 is 11.1 Å². The highest BCUT2D eigenvalue weighted by molar-refractivity contribution is 7.11. The summed E-state index contributed by atoms with van der Waals surface area (Å²) in [5.74, 6) is 1.07. The number of thiazole rings is 1. The third kappa shape index (κ3) is 5.17. The van der Waals surface area contributed by atoms with E-state index in [0.717, 1.165) is 30.2 Å². The van der Waals surface area contributed by atoms with E-state index in [2.05, 4.69) is 36.1 Å². The number of aryl methyl sites for hydroxylation is 2. The average Bonchev–Trinajstić information content (AvgIpc) is 2.55. The van der Waals surface area contributed by atoms with Crippen molar-refractivity contribution in [2.24, 2.45) is 16.6 Å². The maximum Gasteiger partial charge on any atom is 0.188 e. The molecule has 1 aromatic rings. The minimum atomic E-state index is 0.531. The summed E-state index contributed by atoms with van der Waals surface area (Å²) in [4.78, 5) is 10.0. The second-order valence-corrected chi connectivity index (χ2v) is 5.83. The molecule has 1 aromatic heterocycles. The van der Waals surface area contributed by atoms with Crippen LogP contribution < -0.4 is 11.1 Å². The molecule has 0 saturated carbocycles. The molecule has 0 spiro atoms. The van der Waals surface area contributed by atoms with E-state index < -0.39 is 0 Å². The molecule has 17 heavy (non-hydrogen) atoms. The van der Waals surface area contributed by atoms with Crippen LogP contribution in [-0.4, -0.2) is 24.0 Å². The number of nitrogens with two attached hydrogens (primary N) is 1. The van der Waals surface area contributed by atoms with Crippen molar-refractivity contribution in [1.82, 2.24) is 10.3 Å². The molecule has 0 aromatic carbocycles. The molecule has 4 nitrogen and oxygen atoms in total. The zero-order valence-electron chi connectivity index (χ0n) is 11.1. The van der Waals surface area contributed by atoms with Gasteiger partial charge in [0.25, 0.3) is 0 Å². The third-order valence-corrected chi connectivity index (χ3v) is 3.48. The molecule has 0 atom stereocenters. The molecule has 0 aliphatic carbocycles. The van der Waals surface area contributed by atoms with E-state index in [1.807, 2.05) is 6.92 Å². The van der Waals surface area contributed by atoms with E-state index in [9.17, 15) is 0 Å². The Kier molecular flexibility index (Phi) is 5.41. The van der Waals surface area contributed by atoms with Gasteiger partial charge in [-0.15, -0.1) is 11.3 Å². The number of hydrogen-bond donors (Lipinski definition) is 2. The molecule has 0 saturated heterocycles. The summed E-state index contributed by atoms with van der Waals surface area (Å²) in [6.45, 7) is 9.95. The molecular weight excluding hydrogens is 232 g/mol. The van der Waals surface area contributed by atoms with Gasteiger partial charge in [-0.2, -0.15) is 0 Å².